The summed E-state index contributed by atoms with van der Waals surface area (Å²) >= 11 is 0. The van der Waals surface area contributed by atoms with E-state index in [4.69, 9.17) is 4.99 Å². The molecule has 0 spiro atoms. The van der Waals surface area contributed by atoms with Crippen LogP contribution in [-0.2, 0) is 18.4 Å². The Hall–Kier alpha value is -1.71. The molecule has 3 rings (SSSR count). The maximum absolute atomic E-state index is 13.2. The van der Waals surface area contributed by atoms with Gasteiger partial charge in [-0.15, -0.1) is 34.2 Å². The predicted molar refractivity (Wildman–Crippen MR) is 116 cm³/mol. The minimum Gasteiger partial charge on any atom is -0.357 e. The Kier molecular flexibility index (Phi) is 8.00. The van der Waals surface area contributed by atoms with Crippen LogP contribution in [0.2, 0.25) is 0 Å². The molecule has 0 bridgehead atoms. The zero-order valence-electron chi connectivity index (χ0n) is 15.9. The first-order valence-corrected chi connectivity index (χ1v) is 9.32. The van der Waals surface area contributed by atoms with Crippen molar-refractivity contribution < 1.29 is 4.39 Å². The zero-order valence-corrected chi connectivity index (χ0v) is 18.2. The average Bonchev–Trinajstić information content (AvgIpc) is 3.30. The van der Waals surface area contributed by atoms with Crippen LogP contribution >= 0.6 is 24.0 Å². The predicted octanol–water partition coefficient (Wildman–Crippen LogP) is 2.88. The summed E-state index contributed by atoms with van der Waals surface area (Å²) in [7, 11) is 0. The number of aromatic nitrogens is 3. The van der Waals surface area contributed by atoms with E-state index in [0.29, 0.717) is 6.54 Å². The van der Waals surface area contributed by atoms with Gasteiger partial charge in [0.2, 0.25) is 0 Å². The number of rotatable bonds is 8. The third-order valence-corrected chi connectivity index (χ3v) is 4.85. The number of benzene rings is 1. The van der Waals surface area contributed by atoms with Crippen LogP contribution in [0.25, 0.3) is 0 Å². The quantitative estimate of drug-likeness (QED) is 0.342. The van der Waals surface area contributed by atoms with Gasteiger partial charge >= 0.3 is 0 Å². The molecule has 6 nitrogen and oxygen atoms in total. The van der Waals surface area contributed by atoms with E-state index < -0.39 is 0 Å². The van der Waals surface area contributed by atoms with Crippen molar-refractivity contribution in [3.63, 3.8) is 0 Å². The van der Waals surface area contributed by atoms with Crippen LogP contribution in [0.3, 0.4) is 0 Å². The molecular formula is C19H28FIN6. The molecule has 2 N–H and O–H groups in total. The van der Waals surface area contributed by atoms with Gasteiger partial charge in [0.15, 0.2) is 5.96 Å². The molecule has 1 aromatic heterocycles. The Labute approximate surface area is 177 Å². The van der Waals surface area contributed by atoms with Crippen molar-refractivity contribution >= 4 is 29.9 Å². The summed E-state index contributed by atoms with van der Waals surface area (Å²) in [4.78, 5) is 4.77. The van der Waals surface area contributed by atoms with E-state index in [-0.39, 0.29) is 35.2 Å². The van der Waals surface area contributed by atoms with Crippen molar-refractivity contribution in [3.8, 4) is 0 Å². The Morgan fingerprint density at radius 2 is 1.96 bits per heavy atom. The van der Waals surface area contributed by atoms with E-state index in [0.717, 1.165) is 50.7 Å². The van der Waals surface area contributed by atoms with Gasteiger partial charge in [-0.2, -0.15) is 0 Å². The molecule has 1 aliphatic rings. The van der Waals surface area contributed by atoms with Crippen LogP contribution < -0.4 is 10.6 Å². The van der Waals surface area contributed by atoms with Gasteiger partial charge in [-0.1, -0.05) is 19.1 Å². The normalized spacial score (nSPS) is 15.1. The summed E-state index contributed by atoms with van der Waals surface area (Å²) < 4.78 is 15.2. The third-order valence-electron chi connectivity index (χ3n) is 4.85. The molecule has 1 saturated carbocycles. The summed E-state index contributed by atoms with van der Waals surface area (Å²) in [6.07, 6.45) is 4.83. The SMILES string of the molecule is CCNC(=NCC1(c2ccc(F)cc2)CC1)NCCn1cnnc1CC.I. The maximum Gasteiger partial charge on any atom is 0.191 e. The van der Waals surface area contributed by atoms with Crippen molar-refractivity contribution in [1.29, 1.82) is 0 Å². The molecule has 2 aromatic rings. The van der Waals surface area contributed by atoms with Crippen LogP contribution in [0, 0.1) is 5.82 Å². The second-order valence-electron chi connectivity index (χ2n) is 6.70. The number of aryl methyl sites for hydroxylation is 1. The lowest BCUT2D eigenvalue weighted by molar-refractivity contribution is 0.621. The Balaban J connectivity index is 0.00000261. The largest absolute Gasteiger partial charge is 0.357 e. The molecule has 0 aliphatic heterocycles. The molecule has 1 heterocycles. The summed E-state index contributed by atoms with van der Waals surface area (Å²) in [5, 5.41) is 14.7. The van der Waals surface area contributed by atoms with E-state index in [1.54, 1.807) is 6.33 Å². The highest BCUT2D eigenvalue weighted by Crippen LogP contribution is 2.48. The van der Waals surface area contributed by atoms with Gasteiger partial charge < -0.3 is 15.2 Å². The molecule has 0 atom stereocenters. The van der Waals surface area contributed by atoms with Gasteiger partial charge in [0.25, 0.3) is 0 Å². The number of hydrogen-bond acceptors (Lipinski definition) is 3. The molecule has 0 unspecified atom stereocenters. The van der Waals surface area contributed by atoms with Crippen LogP contribution in [0.15, 0.2) is 35.6 Å². The van der Waals surface area contributed by atoms with Crippen molar-refractivity contribution in [3.05, 3.63) is 47.8 Å². The zero-order chi connectivity index (χ0) is 18.4. The molecule has 1 aliphatic carbocycles. The summed E-state index contributed by atoms with van der Waals surface area (Å²) in [5.41, 5.74) is 1.25. The van der Waals surface area contributed by atoms with E-state index in [1.807, 2.05) is 12.1 Å². The monoisotopic (exact) mass is 486 g/mol. The van der Waals surface area contributed by atoms with E-state index in [2.05, 4.69) is 39.2 Å². The number of nitrogens with zero attached hydrogens (tertiary/aromatic N) is 4. The highest BCUT2D eigenvalue weighted by atomic mass is 127. The number of halogens is 2. The fraction of sp³-hybridized carbons (Fsp3) is 0.526. The first-order chi connectivity index (χ1) is 12.7. The molecule has 1 fully saturated rings. The maximum atomic E-state index is 13.2. The molecule has 27 heavy (non-hydrogen) atoms. The minimum atomic E-state index is -0.191. The van der Waals surface area contributed by atoms with Gasteiger partial charge in [-0.25, -0.2) is 4.39 Å². The van der Waals surface area contributed by atoms with E-state index >= 15 is 0 Å². The van der Waals surface area contributed by atoms with Gasteiger partial charge in [-0.05, 0) is 37.5 Å². The molecule has 0 radical (unpaired) electrons. The van der Waals surface area contributed by atoms with E-state index in [9.17, 15) is 4.39 Å². The standard InChI is InChI=1S/C19H27FN6.HI/c1-3-17-25-24-14-26(17)12-11-22-18(21-4-2)23-13-19(9-10-19)15-5-7-16(20)8-6-15;/h5-8,14H,3-4,9-13H2,1-2H3,(H2,21,22,23);1H. The molecule has 0 saturated heterocycles. The minimum absolute atomic E-state index is 0. The number of nitrogens with one attached hydrogen (secondary N) is 2. The Morgan fingerprint density at radius 1 is 1.22 bits per heavy atom. The molecule has 1 aromatic carbocycles. The Morgan fingerprint density at radius 3 is 2.59 bits per heavy atom. The number of hydrogen-bond donors (Lipinski definition) is 2. The topological polar surface area (TPSA) is 67.1 Å². The van der Waals surface area contributed by atoms with Crippen LogP contribution in [0.4, 0.5) is 4.39 Å². The lowest BCUT2D eigenvalue weighted by Crippen LogP contribution is -2.39. The highest BCUT2D eigenvalue weighted by Gasteiger charge is 2.44. The first-order valence-electron chi connectivity index (χ1n) is 9.32. The van der Waals surface area contributed by atoms with Crippen molar-refractivity contribution in [2.75, 3.05) is 19.6 Å². The summed E-state index contributed by atoms with van der Waals surface area (Å²) in [6, 6.07) is 6.84. The van der Waals surface area contributed by atoms with Crippen molar-refractivity contribution in [1.82, 2.24) is 25.4 Å². The molecule has 8 heteroatoms. The van der Waals surface area contributed by atoms with Gasteiger partial charge in [-0.3, -0.25) is 4.99 Å². The third kappa shape index (κ3) is 5.63. The lowest BCUT2D eigenvalue weighted by atomic mass is 9.96. The van der Waals surface area contributed by atoms with Crippen LogP contribution in [0.1, 0.15) is 38.1 Å². The Bertz CT molecular complexity index is 739. The van der Waals surface area contributed by atoms with Crippen molar-refractivity contribution in [2.45, 2.75) is 45.1 Å². The van der Waals surface area contributed by atoms with Gasteiger partial charge in [0.05, 0.1) is 6.54 Å². The van der Waals surface area contributed by atoms with Crippen LogP contribution in [0.5, 0.6) is 0 Å². The summed E-state index contributed by atoms with van der Waals surface area (Å²) in [6.45, 7) is 7.19. The molecule has 0 amide bonds. The van der Waals surface area contributed by atoms with Crippen LogP contribution in [-0.4, -0.2) is 40.4 Å². The van der Waals surface area contributed by atoms with E-state index in [1.165, 1.54) is 17.7 Å². The number of guanidine groups is 1. The second kappa shape index (κ2) is 10.0. The first kappa shape index (κ1) is 21.6. The smallest absolute Gasteiger partial charge is 0.191 e. The summed E-state index contributed by atoms with van der Waals surface area (Å²) in [5.74, 6) is 1.61. The number of aliphatic imine (C=N–C) groups is 1. The van der Waals surface area contributed by atoms with Gasteiger partial charge in [0.1, 0.15) is 18.0 Å². The fourth-order valence-electron chi connectivity index (χ4n) is 3.10. The second-order valence-corrected chi connectivity index (χ2v) is 6.70. The van der Waals surface area contributed by atoms with Crippen molar-refractivity contribution in [2.24, 2.45) is 4.99 Å². The average molecular weight is 486 g/mol. The lowest BCUT2D eigenvalue weighted by Gasteiger charge is -2.16. The van der Waals surface area contributed by atoms with Gasteiger partial charge in [0, 0.05) is 31.5 Å². The molecular weight excluding hydrogens is 458 g/mol. The highest BCUT2D eigenvalue weighted by molar-refractivity contribution is 14.0. The molecule has 148 valence electrons. The fourth-order valence-corrected chi connectivity index (χ4v) is 3.10.